The van der Waals surface area contributed by atoms with Crippen molar-refractivity contribution in [2.75, 3.05) is 17.2 Å². The van der Waals surface area contributed by atoms with Crippen LogP contribution in [0.4, 0.5) is 11.6 Å². The van der Waals surface area contributed by atoms with Crippen molar-refractivity contribution in [3.63, 3.8) is 0 Å². The lowest BCUT2D eigenvalue weighted by atomic mass is 10.4. The minimum Gasteiger partial charge on any atom is -0.481 e. The van der Waals surface area contributed by atoms with E-state index in [-0.39, 0.29) is 6.42 Å². The van der Waals surface area contributed by atoms with E-state index < -0.39 is 5.97 Å². The van der Waals surface area contributed by atoms with Gasteiger partial charge in [-0.15, -0.1) is 0 Å². The summed E-state index contributed by atoms with van der Waals surface area (Å²) < 4.78 is 0. The van der Waals surface area contributed by atoms with E-state index in [0.717, 1.165) is 5.69 Å². The molecule has 0 saturated carbocycles. The monoisotopic (exact) mass is 261 g/mol. The van der Waals surface area contributed by atoms with Crippen LogP contribution >= 0.6 is 0 Å². The standard InChI is InChI=1S/C12H15N5O2/c18-12(19)3-5-14-10-6-11(17-8-16-10)15-7-9-2-1-4-13-9/h1-2,4,6,8,13H,3,5,7H2,(H,18,19)(H2,14,15,16,17). The third-order valence-electron chi connectivity index (χ3n) is 2.43. The van der Waals surface area contributed by atoms with E-state index in [4.69, 9.17) is 5.11 Å². The van der Waals surface area contributed by atoms with E-state index >= 15 is 0 Å². The van der Waals surface area contributed by atoms with Crippen molar-refractivity contribution in [1.29, 1.82) is 0 Å². The molecule has 0 atom stereocenters. The van der Waals surface area contributed by atoms with Crippen LogP contribution < -0.4 is 10.6 Å². The first-order chi connectivity index (χ1) is 9.24. The fraction of sp³-hybridized carbons (Fsp3) is 0.250. The molecular formula is C12H15N5O2. The maximum atomic E-state index is 10.4. The van der Waals surface area contributed by atoms with Gasteiger partial charge in [-0.1, -0.05) is 0 Å². The molecule has 0 fully saturated rings. The largest absolute Gasteiger partial charge is 0.481 e. The summed E-state index contributed by atoms with van der Waals surface area (Å²) in [6.45, 7) is 0.973. The highest BCUT2D eigenvalue weighted by molar-refractivity contribution is 5.67. The lowest BCUT2D eigenvalue weighted by Gasteiger charge is -2.07. The third kappa shape index (κ3) is 4.30. The number of hydrogen-bond donors (Lipinski definition) is 4. The van der Waals surface area contributed by atoms with Crippen LogP contribution in [0.15, 0.2) is 30.7 Å². The quantitative estimate of drug-likeness (QED) is 0.599. The molecule has 0 bridgehead atoms. The number of aliphatic carboxylic acids is 1. The van der Waals surface area contributed by atoms with Gasteiger partial charge in [0.25, 0.3) is 0 Å². The summed E-state index contributed by atoms with van der Waals surface area (Å²) in [5.74, 6) is 0.444. The highest BCUT2D eigenvalue weighted by atomic mass is 16.4. The van der Waals surface area contributed by atoms with Crippen molar-refractivity contribution >= 4 is 17.6 Å². The molecule has 0 unspecified atom stereocenters. The van der Waals surface area contributed by atoms with Crippen molar-refractivity contribution < 1.29 is 9.90 Å². The van der Waals surface area contributed by atoms with Gasteiger partial charge in [-0.2, -0.15) is 0 Å². The van der Waals surface area contributed by atoms with Crippen LogP contribution in [0.5, 0.6) is 0 Å². The Kier molecular flexibility index (Phi) is 4.33. The van der Waals surface area contributed by atoms with Crippen molar-refractivity contribution in [2.24, 2.45) is 0 Å². The van der Waals surface area contributed by atoms with E-state index in [0.29, 0.717) is 24.7 Å². The highest BCUT2D eigenvalue weighted by Gasteiger charge is 2.00. The molecule has 19 heavy (non-hydrogen) atoms. The molecule has 2 rings (SSSR count). The van der Waals surface area contributed by atoms with Crippen molar-refractivity contribution in [3.05, 3.63) is 36.4 Å². The van der Waals surface area contributed by atoms with Gasteiger partial charge >= 0.3 is 5.97 Å². The third-order valence-corrected chi connectivity index (χ3v) is 2.43. The SMILES string of the molecule is O=C(O)CCNc1cc(NCc2ccc[nH]2)ncn1. The number of carboxylic acids is 1. The first kappa shape index (κ1) is 12.9. The Balaban J connectivity index is 1.86. The second-order valence-electron chi connectivity index (χ2n) is 3.91. The number of nitrogens with one attached hydrogen (secondary N) is 3. The number of rotatable bonds is 7. The van der Waals surface area contributed by atoms with Crippen LogP contribution in [0.3, 0.4) is 0 Å². The van der Waals surface area contributed by atoms with E-state index in [2.05, 4.69) is 25.6 Å². The van der Waals surface area contributed by atoms with Gasteiger partial charge in [0.2, 0.25) is 0 Å². The summed E-state index contributed by atoms with van der Waals surface area (Å²) in [5, 5.41) is 14.6. The lowest BCUT2D eigenvalue weighted by molar-refractivity contribution is -0.136. The van der Waals surface area contributed by atoms with Gasteiger partial charge in [-0.05, 0) is 12.1 Å². The first-order valence-corrected chi connectivity index (χ1v) is 5.88. The Morgan fingerprint density at radius 2 is 2.11 bits per heavy atom. The molecule has 4 N–H and O–H groups in total. The van der Waals surface area contributed by atoms with Gasteiger partial charge in [-0.3, -0.25) is 4.79 Å². The molecule has 0 amide bonds. The smallest absolute Gasteiger partial charge is 0.305 e. The van der Waals surface area contributed by atoms with E-state index in [9.17, 15) is 4.79 Å². The summed E-state index contributed by atoms with van der Waals surface area (Å²) in [6.07, 6.45) is 3.34. The summed E-state index contributed by atoms with van der Waals surface area (Å²) in [7, 11) is 0. The first-order valence-electron chi connectivity index (χ1n) is 5.88. The molecule has 0 spiro atoms. The molecule has 0 aliphatic heterocycles. The van der Waals surface area contributed by atoms with Gasteiger partial charge in [0, 0.05) is 24.5 Å². The maximum Gasteiger partial charge on any atom is 0.305 e. The maximum absolute atomic E-state index is 10.4. The number of H-pyrrole nitrogens is 1. The summed E-state index contributed by atoms with van der Waals surface area (Å²) >= 11 is 0. The Bertz CT molecular complexity index is 527. The number of aromatic amines is 1. The zero-order chi connectivity index (χ0) is 13.5. The molecule has 7 nitrogen and oxygen atoms in total. The minimum absolute atomic E-state index is 0.0508. The zero-order valence-electron chi connectivity index (χ0n) is 10.3. The predicted molar refractivity (Wildman–Crippen MR) is 70.9 cm³/mol. The lowest BCUT2D eigenvalue weighted by Crippen LogP contribution is -2.09. The van der Waals surface area contributed by atoms with Crippen LogP contribution in [0, 0.1) is 0 Å². The molecule has 2 aromatic heterocycles. The Morgan fingerprint density at radius 1 is 1.32 bits per heavy atom. The molecular weight excluding hydrogens is 246 g/mol. The molecule has 0 saturated heterocycles. The van der Waals surface area contributed by atoms with Gasteiger partial charge in [-0.25, -0.2) is 9.97 Å². The normalized spacial score (nSPS) is 10.1. The predicted octanol–water partition coefficient (Wildman–Crippen LogP) is 1.30. The minimum atomic E-state index is -0.841. The average Bonchev–Trinajstić information content (AvgIpc) is 2.89. The molecule has 100 valence electrons. The Hall–Kier alpha value is -2.57. The van der Waals surface area contributed by atoms with Crippen LogP contribution in [0.1, 0.15) is 12.1 Å². The molecule has 0 radical (unpaired) electrons. The Labute approximate surface area is 110 Å². The van der Waals surface area contributed by atoms with Gasteiger partial charge in [0.15, 0.2) is 0 Å². The fourth-order valence-electron chi connectivity index (χ4n) is 1.51. The second-order valence-corrected chi connectivity index (χ2v) is 3.91. The molecule has 7 heteroatoms. The van der Waals surface area contributed by atoms with E-state index in [1.165, 1.54) is 6.33 Å². The summed E-state index contributed by atoms with van der Waals surface area (Å²) in [5.41, 5.74) is 1.05. The number of carboxylic acid groups (broad SMARTS) is 1. The topological polar surface area (TPSA) is 103 Å². The zero-order valence-corrected chi connectivity index (χ0v) is 10.3. The second kappa shape index (κ2) is 6.39. The van der Waals surface area contributed by atoms with Crippen molar-refractivity contribution in [1.82, 2.24) is 15.0 Å². The van der Waals surface area contributed by atoms with Gasteiger partial charge in [0.05, 0.1) is 13.0 Å². The van der Waals surface area contributed by atoms with E-state index in [1.54, 1.807) is 6.07 Å². The molecule has 0 aliphatic rings. The van der Waals surface area contributed by atoms with Crippen LogP contribution in [0.2, 0.25) is 0 Å². The number of carbonyl (C=O) groups is 1. The van der Waals surface area contributed by atoms with Crippen LogP contribution in [0.25, 0.3) is 0 Å². The average molecular weight is 261 g/mol. The van der Waals surface area contributed by atoms with Crippen LogP contribution in [-0.4, -0.2) is 32.6 Å². The number of aromatic nitrogens is 3. The Morgan fingerprint density at radius 3 is 2.79 bits per heavy atom. The van der Waals surface area contributed by atoms with E-state index in [1.807, 2.05) is 18.3 Å². The summed E-state index contributed by atoms with van der Waals surface area (Å²) in [4.78, 5) is 21.6. The van der Waals surface area contributed by atoms with Crippen molar-refractivity contribution in [3.8, 4) is 0 Å². The highest BCUT2D eigenvalue weighted by Crippen LogP contribution is 2.09. The summed E-state index contributed by atoms with van der Waals surface area (Å²) in [6, 6.07) is 5.64. The number of nitrogens with zero attached hydrogens (tertiary/aromatic N) is 2. The number of hydrogen-bond acceptors (Lipinski definition) is 5. The fourth-order valence-corrected chi connectivity index (χ4v) is 1.51. The van der Waals surface area contributed by atoms with Gasteiger partial charge in [0.1, 0.15) is 18.0 Å². The molecule has 2 aromatic rings. The number of anilines is 2. The van der Waals surface area contributed by atoms with Crippen molar-refractivity contribution in [2.45, 2.75) is 13.0 Å². The van der Waals surface area contributed by atoms with Crippen LogP contribution in [-0.2, 0) is 11.3 Å². The molecule has 0 aromatic carbocycles. The molecule has 0 aliphatic carbocycles. The van der Waals surface area contributed by atoms with Gasteiger partial charge < -0.3 is 20.7 Å². The molecule has 2 heterocycles.